The molecule has 0 saturated heterocycles. The number of hydrogen-bond acceptors (Lipinski definition) is 3. The summed E-state index contributed by atoms with van der Waals surface area (Å²) in [6.07, 6.45) is 0.939. The summed E-state index contributed by atoms with van der Waals surface area (Å²) in [7, 11) is 1.53. The molecule has 1 aromatic carbocycles. The number of nitrogens with one attached hydrogen (secondary N) is 1. The van der Waals surface area contributed by atoms with Crippen LogP contribution in [0.4, 0.5) is 5.69 Å². The van der Waals surface area contributed by atoms with Gasteiger partial charge in [0.1, 0.15) is 5.75 Å². The van der Waals surface area contributed by atoms with Gasteiger partial charge in [-0.15, -0.1) is 0 Å². The van der Waals surface area contributed by atoms with E-state index in [0.29, 0.717) is 29.8 Å². The Kier molecular flexibility index (Phi) is 3.85. The molecule has 1 rings (SSSR count). The highest BCUT2D eigenvalue weighted by molar-refractivity contribution is 6.02. The summed E-state index contributed by atoms with van der Waals surface area (Å²) in [5.41, 5.74) is 0.988. The number of anilines is 1. The molecule has 1 aromatic rings. The molecule has 1 amide bonds. The van der Waals surface area contributed by atoms with Crippen molar-refractivity contribution in [2.24, 2.45) is 0 Å². The van der Waals surface area contributed by atoms with E-state index in [9.17, 15) is 9.59 Å². The normalized spacial score (nSPS) is 9.47. The van der Waals surface area contributed by atoms with Gasteiger partial charge in [0.25, 0.3) is 0 Å². The average molecular weight is 207 g/mol. The van der Waals surface area contributed by atoms with Crippen molar-refractivity contribution in [2.75, 3.05) is 12.4 Å². The molecule has 0 aliphatic heterocycles. The van der Waals surface area contributed by atoms with Crippen molar-refractivity contribution in [1.82, 2.24) is 0 Å². The number of amides is 1. The molecule has 4 heteroatoms. The fourth-order valence-corrected chi connectivity index (χ4v) is 1.26. The van der Waals surface area contributed by atoms with Crippen LogP contribution in [-0.4, -0.2) is 19.3 Å². The van der Waals surface area contributed by atoms with E-state index in [-0.39, 0.29) is 5.78 Å². The van der Waals surface area contributed by atoms with Crippen LogP contribution in [0.25, 0.3) is 0 Å². The largest absolute Gasteiger partial charge is 0.497 e. The molecule has 0 aromatic heterocycles. The molecule has 0 atom stereocenters. The third kappa shape index (κ3) is 2.56. The molecular weight excluding hydrogens is 194 g/mol. The number of rotatable bonds is 5. The molecule has 80 valence electrons. The van der Waals surface area contributed by atoms with Gasteiger partial charge in [-0.05, 0) is 18.2 Å². The van der Waals surface area contributed by atoms with Crippen LogP contribution in [0, 0.1) is 0 Å². The van der Waals surface area contributed by atoms with Gasteiger partial charge in [-0.1, -0.05) is 6.92 Å². The fourth-order valence-electron chi connectivity index (χ4n) is 1.26. The van der Waals surface area contributed by atoms with Gasteiger partial charge in [0.2, 0.25) is 6.41 Å². The van der Waals surface area contributed by atoms with Gasteiger partial charge in [0.05, 0.1) is 12.8 Å². The number of hydrogen-bond donors (Lipinski definition) is 1. The molecule has 0 unspecified atom stereocenters. The zero-order chi connectivity index (χ0) is 11.3. The molecule has 15 heavy (non-hydrogen) atoms. The van der Waals surface area contributed by atoms with Crippen molar-refractivity contribution in [3.8, 4) is 5.75 Å². The third-order valence-corrected chi connectivity index (χ3v) is 2.06. The molecule has 0 spiro atoms. The highest BCUT2D eigenvalue weighted by atomic mass is 16.5. The maximum Gasteiger partial charge on any atom is 0.211 e. The van der Waals surface area contributed by atoms with Crippen molar-refractivity contribution < 1.29 is 14.3 Å². The number of carbonyl (C=O) groups is 2. The van der Waals surface area contributed by atoms with E-state index < -0.39 is 0 Å². The minimum Gasteiger partial charge on any atom is -0.497 e. The minimum atomic E-state index is -0.0294. The standard InChI is InChI=1S/C11H13NO3/c1-3-11(14)9-6-8(15-2)4-5-10(9)12-7-13/h4-7H,3H2,1-2H3,(H,12,13). The van der Waals surface area contributed by atoms with Gasteiger partial charge >= 0.3 is 0 Å². The molecule has 0 fully saturated rings. The van der Waals surface area contributed by atoms with E-state index in [4.69, 9.17) is 4.74 Å². The second-order valence-electron chi connectivity index (χ2n) is 2.95. The molecule has 0 aliphatic rings. The first-order valence-corrected chi connectivity index (χ1v) is 4.64. The highest BCUT2D eigenvalue weighted by Crippen LogP contribution is 2.22. The lowest BCUT2D eigenvalue weighted by Gasteiger charge is -2.08. The summed E-state index contributed by atoms with van der Waals surface area (Å²) in [6.45, 7) is 1.77. The molecule has 0 aliphatic carbocycles. The van der Waals surface area contributed by atoms with Crippen LogP contribution in [-0.2, 0) is 4.79 Å². The number of benzene rings is 1. The Morgan fingerprint density at radius 2 is 2.27 bits per heavy atom. The van der Waals surface area contributed by atoms with E-state index in [0.717, 1.165) is 0 Å². The number of ether oxygens (including phenoxy) is 1. The Bertz CT molecular complexity index is 374. The van der Waals surface area contributed by atoms with E-state index in [1.54, 1.807) is 25.1 Å². The number of methoxy groups -OCH3 is 1. The molecular formula is C11H13NO3. The van der Waals surface area contributed by atoms with Crippen LogP contribution >= 0.6 is 0 Å². The lowest BCUT2D eigenvalue weighted by atomic mass is 10.1. The number of ketones is 1. The van der Waals surface area contributed by atoms with Gasteiger partial charge in [-0.3, -0.25) is 9.59 Å². The van der Waals surface area contributed by atoms with Crippen LogP contribution < -0.4 is 10.1 Å². The monoisotopic (exact) mass is 207 g/mol. The average Bonchev–Trinajstić information content (AvgIpc) is 2.29. The Balaban J connectivity index is 3.15. The fraction of sp³-hybridized carbons (Fsp3) is 0.273. The minimum absolute atomic E-state index is 0.0294. The highest BCUT2D eigenvalue weighted by Gasteiger charge is 2.10. The van der Waals surface area contributed by atoms with Crippen molar-refractivity contribution in [3.63, 3.8) is 0 Å². The van der Waals surface area contributed by atoms with Crippen LogP contribution in [0.5, 0.6) is 5.75 Å². The predicted octanol–water partition coefficient (Wildman–Crippen LogP) is 1.86. The smallest absolute Gasteiger partial charge is 0.211 e. The van der Waals surface area contributed by atoms with Gasteiger partial charge in [-0.2, -0.15) is 0 Å². The molecule has 4 nitrogen and oxygen atoms in total. The quantitative estimate of drug-likeness (QED) is 0.592. The van der Waals surface area contributed by atoms with E-state index in [1.165, 1.54) is 7.11 Å². The maximum absolute atomic E-state index is 11.6. The lowest BCUT2D eigenvalue weighted by molar-refractivity contribution is -0.105. The van der Waals surface area contributed by atoms with E-state index >= 15 is 0 Å². The molecule has 0 radical (unpaired) electrons. The first-order valence-electron chi connectivity index (χ1n) is 4.64. The Labute approximate surface area is 88.2 Å². The van der Waals surface area contributed by atoms with E-state index in [1.807, 2.05) is 0 Å². The Morgan fingerprint density at radius 3 is 2.80 bits per heavy atom. The SMILES string of the molecule is CCC(=O)c1cc(OC)ccc1NC=O. The summed E-state index contributed by atoms with van der Waals surface area (Å²) < 4.78 is 5.01. The first-order chi connectivity index (χ1) is 7.22. The van der Waals surface area contributed by atoms with E-state index in [2.05, 4.69) is 5.32 Å². The lowest BCUT2D eigenvalue weighted by Crippen LogP contribution is -2.04. The Hall–Kier alpha value is -1.84. The van der Waals surface area contributed by atoms with Crippen LogP contribution in [0.15, 0.2) is 18.2 Å². The van der Waals surface area contributed by atoms with Crippen LogP contribution in [0.1, 0.15) is 23.7 Å². The van der Waals surface area contributed by atoms with Crippen LogP contribution in [0.2, 0.25) is 0 Å². The zero-order valence-electron chi connectivity index (χ0n) is 8.74. The Morgan fingerprint density at radius 1 is 1.53 bits per heavy atom. The molecule has 1 N–H and O–H groups in total. The topological polar surface area (TPSA) is 55.4 Å². The molecule has 0 heterocycles. The zero-order valence-corrected chi connectivity index (χ0v) is 8.74. The van der Waals surface area contributed by atoms with Gasteiger partial charge in [0.15, 0.2) is 5.78 Å². The summed E-state index contributed by atoms with van der Waals surface area (Å²) in [6, 6.07) is 4.96. The summed E-state index contributed by atoms with van der Waals surface area (Å²) >= 11 is 0. The predicted molar refractivity (Wildman–Crippen MR) is 57.3 cm³/mol. The number of carbonyl (C=O) groups excluding carboxylic acids is 2. The third-order valence-electron chi connectivity index (χ3n) is 2.06. The van der Waals surface area contributed by atoms with Crippen LogP contribution in [0.3, 0.4) is 0 Å². The van der Waals surface area contributed by atoms with Crippen molar-refractivity contribution in [3.05, 3.63) is 23.8 Å². The van der Waals surface area contributed by atoms with Gasteiger partial charge in [0, 0.05) is 12.0 Å². The second kappa shape index (κ2) is 5.14. The summed E-state index contributed by atoms with van der Waals surface area (Å²) in [5, 5.41) is 2.49. The molecule has 0 saturated carbocycles. The molecule has 0 bridgehead atoms. The second-order valence-corrected chi connectivity index (χ2v) is 2.95. The summed E-state index contributed by atoms with van der Waals surface area (Å²) in [4.78, 5) is 21.9. The van der Waals surface area contributed by atoms with Crippen molar-refractivity contribution >= 4 is 17.9 Å². The van der Waals surface area contributed by atoms with Gasteiger partial charge in [-0.25, -0.2) is 0 Å². The maximum atomic E-state index is 11.6. The first kappa shape index (κ1) is 11.2. The van der Waals surface area contributed by atoms with Crippen molar-refractivity contribution in [2.45, 2.75) is 13.3 Å². The number of Topliss-reactive ketones (excluding diaryl/α,β-unsaturated/α-hetero) is 1. The van der Waals surface area contributed by atoms with Crippen molar-refractivity contribution in [1.29, 1.82) is 0 Å². The summed E-state index contributed by atoms with van der Waals surface area (Å²) in [5.74, 6) is 0.571. The van der Waals surface area contributed by atoms with Gasteiger partial charge < -0.3 is 10.1 Å².